The maximum atomic E-state index is 13.3. The second kappa shape index (κ2) is 9.98. The maximum Gasteiger partial charge on any atom is 0.227 e. The SMILES string of the molecule is COc1ccc2c(CC(=O)N3CCCCC3CCc3ccc(OC)c(OC)c3)coc2c1. The summed E-state index contributed by atoms with van der Waals surface area (Å²) in [4.78, 5) is 15.3. The Kier molecular flexibility index (Phi) is 6.88. The molecule has 0 saturated carbocycles. The highest BCUT2D eigenvalue weighted by molar-refractivity contribution is 5.88. The standard InChI is InChI=1S/C26H31NO5/c1-29-21-10-11-22-19(17-32-24(22)16-21)15-26(28)27-13-5-4-6-20(27)9-7-18-8-12-23(30-2)25(14-18)31-3/h8,10-12,14,16-17,20H,4-7,9,13,15H2,1-3H3. The van der Waals surface area contributed by atoms with E-state index in [1.807, 2.05) is 30.3 Å². The second-order valence-corrected chi connectivity index (χ2v) is 8.26. The zero-order valence-corrected chi connectivity index (χ0v) is 19.1. The lowest BCUT2D eigenvalue weighted by molar-refractivity contribution is -0.134. The minimum Gasteiger partial charge on any atom is -0.497 e. The van der Waals surface area contributed by atoms with Crippen molar-refractivity contribution in [3.63, 3.8) is 0 Å². The number of benzene rings is 2. The van der Waals surface area contributed by atoms with Crippen LogP contribution in [0.5, 0.6) is 17.2 Å². The number of hydrogen-bond donors (Lipinski definition) is 0. The molecule has 1 amide bonds. The van der Waals surface area contributed by atoms with Gasteiger partial charge in [-0.25, -0.2) is 0 Å². The molecular weight excluding hydrogens is 406 g/mol. The summed E-state index contributed by atoms with van der Waals surface area (Å²) >= 11 is 0. The van der Waals surface area contributed by atoms with Gasteiger partial charge in [-0.15, -0.1) is 0 Å². The lowest BCUT2D eigenvalue weighted by Crippen LogP contribution is -2.44. The molecule has 0 N–H and O–H groups in total. The van der Waals surface area contributed by atoms with E-state index in [-0.39, 0.29) is 11.9 Å². The summed E-state index contributed by atoms with van der Waals surface area (Å²) in [5.41, 5.74) is 2.86. The average Bonchev–Trinajstić information content (AvgIpc) is 3.24. The molecule has 2 aromatic carbocycles. The van der Waals surface area contributed by atoms with Crippen LogP contribution >= 0.6 is 0 Å². The zero-order valence-electron chi connectivity index (χ0n) is 19.1. The third kappa shape index (κ3) is 4.69. The second-order valence-electron chi connectivity index (χ2n) is 8.26. The molecule has 1 aliphatic rings. The Morgan fingerprint density at radius 3 is 2.66 bits per heavy atom. The van der Waals surface area contributed by atoms with Crippen LogP contribution in [0, 0.1) is 0 Å². The number of nitrogens with zero attached hydrogens (tertiary/aromatic N) is 1. The van der Waals surface area contributed by atoms with Gasteiger partial charge in [-0.05, 0) is 61.9 Å². The van der Waals surface area contributed by atoms with E-state index >= 15 is 0 Å². The zero-order chi connectivity index (χ0) is 22.5. The molecule has 0 spiro atoms. The number of hydrogen-bond acceptors (Lipinski definition) is 5. The molecule has 1 fully saturated rings. The molecule has 1 saturated heterocycles. The molecule has 6 heteroatoms. The quantitative estimate of drug-likeness (QED) is 0.495. The smallest absolute Gasteiger partial charge is 0.227 e. The number of methoxy groups -OCH3 is 3. The lowest BCUT2D eigenvalue weighted by atomic mass is 9.95. The summed E-state index contributed by atoms with van der Waals surface area (Å²) in [7, 11) is 4.93. The van der Waals surface area contributed by atoms with Crippen molar-refractivity contribution in [2.45, 2.75) is 44.6 Å². The van der Waals surface area contributed by atoms with Crippen LogP contribution in [-0.2, 0) is 17.6 Å². The molecule has 3 aromatic rings. The largest absolute Gasteiger partial charge is 0.497 e. The van der Waals surface area contributed by atoms with Gasteiger partial charge < -0.3 is 23.5 Å². The van der Waals surface area contributed by atoms with Crippen molar-refractivity contribution in [1.82, 2.24) is 4.90 Å². The highest BCUT2D eigenvalue weighted by Gasteiger charge is 2.27. The number of aryl methyl sites for hydroxylation is 1. The van der Waals surface area contributed by atoms with E-state index in [1.165, 1.54) is 5.56 Å². The summed E-state index contributed by atoms with van der Waals surface area (Å²) in [6, 6.07) is 12.0. The van der Waals surface area contributed by atoms with Gasteiger partial charge in [-0.3, -0.25) is 4.79 Å². The summed E-state index contributed by atoms with van der Waals surface area (Å²) in [5, 5.41) is 0.970. The molecule has 6 nitrogen and oxygen atoms in total. The molecule has 0 bridgehead atoms. The summed E-state index contributed by atoms with van der Waals surface area (Å²) in [6.07, 6.45) is 7.14. The number of rotatable bonds is 8. The summed E-state index contributed by atoms with van der Waals surface area (Å²) < 4.78 is 21.7. The number of fused-ring (bicyclic) bond motifs is 1. The third-order valence-corrected chi connectivity index (χ3v) is 6.37. The first-order valence-corrected chi connectivity index (χ1v) is 11.2. The van der Waals surface area contributed by atoms with Gasteiger partial charge >= 0.3 is 0 Å². The van der Waals surface area contributed by atoms with E-state index in [0.29, 0.717) is 6.42 Å². The van der Waals surface area contributed by atoms with E-state index < -0.39 is 0 Å². The van der Waals surface area contributed by atoms with Crippen LogP contribution < -0.4 is 14.2 Å². The van der Waals surface area contributed by atoms with E-state index in [1.54, 1.807) is 27.6 Å². The Morgan fingerprint density at radius 2 is 1.88 bits per heavy atom. The van der Waals surface area contributed by atoms with E-state index in [2.05, 4.69) is 11.0 Å². The molecule has 170 valence electrons. The molecule has 1 aliphatic heterocycles. The van der Waals surface area contributed by atoms with E-state index in [9.17, 15) is 4.79 Å². The first-order valence-electron chi connectivity index (χ1n) is 11.2. The average molecular weight is 438 g/mol. The van der Waals surface area contributed by atoms with Crippen molar-refractivity contribution in [3.05, 3.63) is 53.8 Å². The predicted molar refractivity (Wildman–Crippen MR) is 124 cm³/mol. The Hall–Kier alpha value is -3.15. The molecule has 0 aliphatic carbocycles. The minimum atomic E-state index is 0.167. The number of carbonyl (C=O) groups is 1. The highest BCUT2D eigenvalue weighted by Crippen LogP contribution is 2.30. The normalized spacial score (nSPS) is 16.2. The number of piperidine rings is 1. The fourth-order valence-electron chi connectivity index (χ4n) is 4.59. The van der Waals surface area contributed by atoms with E-state index in [4.69, 9.17) is 18.6 Å². The van der Waals surface area contributed by atoms with Gasteiger partial charge in [0, 0.05) is 29.6 Å². The Labute approximate surface area is 189 Å². The number of likely N-dealkylation sites (tertiary alicyclic amines) is 1. The van der Waals surface area contributed by atoms with Crippen LogP contribution in [0.25, 0.3) is 11.0 Å². The van der Waals surface area contributed by atoms with Crippen LogP contribution in [0.2, 0.25) is 0 Å². The molecular formula is C26H31NO5. The lowest BCUT2D eigenvalue weighted by Gasteiger charge is -2.36. The molecule has 32 heavy (non-hydrogen) atoms. The first kappa shape index (κ1) is 22.1. The van der Waals surface area contributed by atoms with Crippen LogP contribution in [-0.4, -0.2) is 44.7 Å². The van der Waals surface area contributed by atoms with Crippen molar-refractivity contribution >= 4 is 16.9 Å². The maximum absolute atomic E-state index is 13.3. The number of furan rings is 1. The van der Waals surface area contributed by atoms with Crippen LogP contribution in [0.3, 0.4) is 0 Å². The van der Waals surface area contributed by atoms with Crippen LogP contribution in [0.15, 0.2) is 47.1 Å². The van der Waals surface area contributed by atoms with Crippen molar-refractivity contribution in [3.8, 4) is 17.2 Å². The molecule has 4 rings (SSSR count). The van der Waals surface area contributed by atoms with Crippen molar-refractivity contribution in [2.24, 2.45) is 0 Å². The van der Waals surface area contributed by atoms with Crippen molar-refractivity contribution in [2.75, 3.05) is 27.9 Å². The van der Waals surface area contributed by atoms with Gasteiger partial charge in [0.2, 0.25) is 5.91 Å². The molecule has 1 unspecified atom stereocenters. The Morgan fingerprint density at radius 1 is 1.03 bits per heavy atom. The monoisotopic (exact) mass is 437 g/mol. The van der Waals surface area contributed by atoms with Gasteiger partial charge in [0.1, 0.15) is 11.3 Å². The molecule has 1 atom stereocenters. The Bertz CT molecular complexity index is 1070. The fraction of sp³-hybridized carbons (Fsp3) is 0.423. The van der Waals surface area contributed by atoms with Crippen LogP contribution in [0.1, 0.15) is 36.8 Å². The third-order valence-electron chi connectivity index (χ3n) is 6.37. The minimum absolute atomic E-state index is 0.167. The first-order chi connectivity index (χ1) is 15.6. The fourth-order valence-corrected chi connectivity index (χ4v) is 4.59. The Balaban J connectivity index is 1.43. The molecule has 2 heterocycles. The van der Waals surface area contributed by atoms with Crippen molar-refractivity contribution in [1.29, 1.82) is 0 Å². The van der Waals surface area contributed by atoms with Gasteiger partial charge in [0.25, 0.3) is 0 Å². The number of ether oxygens (including phenoxy) is 3. The summed E-state index contributed by atoms with van der Waals surface area (Å²) in [5.74, 6) is 2.39. The van der Waals surface area contributed by atoms with Crippen LogP contribution in [0.4, 0.5) is 0 Å². The predicted octanol–water partition coefficient (Wildman–Crippen LogP) is 5.02. The number of carbonyl (C=O) groups excluding carboxylic acids is 1. The topological polar surface area (TPSA) is 61.1 Å². The van der Waals surface area contributed by atoms with Crippen molar-refractivity contribution < 1.29 is 23.4 Å². The van der Waals surface area contributed by atoms with Gasteiger partial charge in [0.05, 0.1) is 34.0 Å². The van der Waals surface area contributed by atoms with E-state index in [0.717, 1.165) is 72.4 Å². The molecule has 1 aromatic heterocycles. The summed E-state index contributed by atoms with van der Waals surface area (Å²) in [6.45, 7) is 0.818. The molecule has 0 radical (unpaired) electrons. The van der Waals surface area contributed by atoms with Gasteiger partial charge in [-0.1, -0.05) is 6.07 Å². The highest BCUT2D eigenvalue weighted by atomic mass is 16.5. The van der Waals surface area contributed by atoms with Gasteiger partial charge in [-0.2, -0.15) is 0 Å². The number of amides is 1. The van der Waals surface area contributed by atoms with Gasteiger partial charge in [0.15, 0.2) is 11.5 Å².